The van der Waals surface area contributed by atoms with Gasteiger partial charge in [-0.2, -0.15) is 0 Å². The smallest absolute Gasteiger partial charge is 0.254 e. The number of nitrogens with two attached hydrogens (primary N) is 1. The van der Waals surface area contributed by atoms with Crippen LogP contribution >= 0.6 is 23.2 Å². The Labute approximate surface area is 127 Å². The number of carbonyl (C=O) groups is 1. The molecule has 0 bridgehead atoms. The van der Waals surface area contributed by atoms with Crippen LogP contribution < -0.4 is 10.5 Å². The molecular weight excluding hydrogens is 323 g/mol. The van der Waals surface area contributed by atoms with Gasteiger partial charge in [0.05, 0.1) is 15.6 Å². The Bertz CT molecular complexity index is 661. The fourth-order valence-corrected chi connectivity index (χ4v) is 3.43. The largest absolute Gasteiger partial charge is 0.352 e. The average molecular weight is 337 g/mol. The van der Waals surface area contributed by atoms with Crippen LogP contribution in [0.25, 0.3) is 0 Å². The molecule has 2 rings (SSSR count). The summed E-state index contributed by atoms with van der Waals surface area (Å²) in [6.07, 6.45) is 1.07. The fraction of sp³-hybridized carbons (Fsp3) is 0.417. The van der Waals surface area contributed by atoms with Gasteiger partial charge in [0.15, 0.2) is 0 Å². The molecule has 0 spiro atoms. The molecule has 2 atom stereocenters. The standard InChI is InChI=1S/C12H14Cl2N2O3S/c1-6-4-7(6)5-16-12(17)10-8(13)2-3-9(11(10)14)20(15,18)19/h2-3,6-7H,4-5H2,1H3,(H,16,17)(H2,15,18,19). The van der Waals surface area contributed by atoms with Crippen molar-refractivity contribution in [2.75, 3.05) is 6.54 Å². The van der Waals surface area contributed by atoms with Crippen LogP contribution in [0.2, 0.25) is 10.0 Å². The maximum Gasteiger partial charge on any atom is 0.254 e. The zero-order valence-corrected chi connectivity index (χ0v) is 13.0. The maximum atomic E-state index is 12.1. The second-order valence-electron chi connectivity index (χ2n) is 4.96. The number of nitrogens with one attached hydrogen (secondary N) is 1. The molecule has 1 aliphatic rings. The van der Waals surface area contributed by atoms with E-state index < -0.39 is 15.9 Å². The van der Waals surface area contributed by atoms with Gasteiger partial charge in [-0.3, -0.25) is 4.79 Å². The van der Waals surface area contributed by atoms with Crippen LogP contribution in [0, 0.1) is 11.8 Å². The van der Waals surface area contributed by atoms with E-state index in [-0.39, 0.29) is 20.5 Å². The lowest BCUT2D eigenvalue weighted by molar-refractivity contribution is 0.0951. The van der Waals surface area contributed by atoms with Crippen LogP contribution in [0.5, 0.6) is 0 Å². The molecule has 20 heavy (non-hydrogen) atoms. The Morgan fingerprint density at radius 2 is 2.05 bits per heavy atom. The van der Waals surface area contributed by atoms with Crippen molar-refractivity contribution in [3.8, 4) is 0 Å². The molecule has 5 nitrogen and oxygen atoms in total. The van der Waals surface area contributed by atoms with Crippen molar-refractivity contribution in [3.63, 3.8) is 0 Å². The quantitative estimate of drug-likeness (QED) is 0.881. The van der Waals surface area contributed by atoms with Gasteiger partial charge in [0, 0.05) is 6.54 Å². The lowest BCUT2D eigenvalue weighted by Gasteiger charge is -2.10. The van der Waals surface area contributed by atoms with Crippen LogP contribution in [0.3, 0.4) is 0 Å². The Kier molecular flexibility index (Phi) is 4.30. The van der Waals surface area contributed by atoms with Crippen molar-refractivity contribution in [1.82, 2.24) is 5.32 Å². The van der Waals surface area contributed by atoms with E-state index in [0.717, 1.165) is 6.42 Å². The summed E-state index contributed by atoms with van der Waals surface area (Å²) < 4.78 is 22.8. The molecule has 1 saturated carbocycles. The summed E-state index contributed by atoms with van der Waals surface area (Å²) in [7, 11) is -4.00. The molecule has 1 aromatic carbocycles. The molecule has 8 heteroatoms. The summed E-state index contributed by atoms with van der Waals surface area (Å²) in [5, 5.41) is 7.59. The summed E-state index contributed by atoms with van der Waals surface area (Å²) in [4.78, 5) is 11.8. The first-order chi connectivity index (χ1) is 9.21. The van der Waals surface area contributed by atoms with Crippen molar-refractivity contribution < 1.29 is 13.2 Å². The fourth-order valence-electron chi connectivity index (χ4n) is 1.96. The highest BCUT2D eigenvalue weighted by molar-refractivity contribution is 7.89. The summed E-state index contributed by atoms with van der Waals surface area (Å²) >= 11 is 11.9. The zero-order valence-electron chi connectivity index (χ0n) is 10.7. The van der Waals surface area contributed by atoms with Gasteiger partial charge in [-0.05, 0) is 30.4 Å². The highest BCUT2D eigenvalue weighted by Crippen LogP contribution is 2.37. The van der Waals surface area contributed by atoms with Crippen molar-refractivity contribution in [1.29, 1.82) is 0 Å². The molecule has 2 unspecified atom stereocenters. The van der Waals surface area contributed by atoms with Crippen LogP contribution in [0.1, 0.15) is 23.7 Å². The van der Waals surface area contributed by atoms with Crippen molar-refractivity contribution >= 4 is 39.1 Å². The van der Waals surface area contributed by atoms with E-state index in [4.69, 9.17) is 28.3 Å². The zero-order chi connectivity index (χ0) is 15.1. The van der Waals surface area contributed by atoms with Gasteiger partial charge in [0.1, 0.15) is 4.90 Å². The highest BCUT2D eigenvalue weighted by Gasteiger charge is 2.33. The minimum absolute atomic E-state index is 0.0619. The Morgan fingerprint density at radius 3 is 2.55 bits per heavy atom. The summed E-state index contributed by atoms with van der Waals surface area (Å²) in [6, 6.07) is 2.47. The lowest BCUT2D eigenvalue weighted by atomic mass is 10.2. The van der Waals surface area contributed by atoms with Crippen LogP contribution in [0.4, 0.5) is 0 Å². The summed E-state index contributed by atoms with van der Waals surface area (Å²) in [5.74, 6) is 0.555. The lowest BCUT2D eigenvalue weighted by Crippen LogP contribution is -2.27. The average Bonchev–Trinajstić information content (AvgIpc) is 3.01. The minimum atomic E-state index is -4.00. The van der Waals surface area contributed by atoms with Crippen LogP contribution in [0.15, 0.2) is 17.0 Å². The maximum absolute atomic E-state index is 12.1. The molecule has 3 N–H and O–H groups in total. The summed E-state index contributed by atoms with van der Waals surface area (Å²) in [6.45, 7) is 2.62. The Balaban J connectivity index is 2.28. The van der Waals surface area contributed by atoms with Crippen molar-refractivity contribution in [2.45, 2.75) is 18.2 Å². The SMILES string of the molecule is CC1CC1CNC(=O)c1c(Cl)ccc(S(N)(=O)=O)c1Cl. The van der Waals surface area contributed by atoms with Crippen molar-refractivity contribution in [3.05, 3.63) is 27.7 Å². The van der Waals surface area contributed by atoms with E-state index in [1.165, 1.54) is 12.1 Å². The second kappa shape index (κ2) is 5.52. The first-order valence-corrected chi connectivity index (χ1v) is 8.31. The first kappa shape index (κ1) is 15.6. The number of primary sulfonamides is 1. The molecule has 0 saturated heterocycles. The van der Waals surface area contributed by atoms with Gasteiger partial charge in [-0.25, -0.2) is 13.6 Å². The van der Waals surface area contributed by atoms with Gasteiger partial charge in [-0.15, -0.1) is 0 Å². The molecule has 1 fully saturated rings. The van der Waals surface area contributed by atoms with E-state index in [9.17, 15) is 13.2 Å². The Hall–Kier alpha value is -0.820. The van der Waals surface area contributed by atoms with E-state index >= 15 is 0 Å². The second-order valence-corrected chi connectivity index (χ2v) is 7.28. The van der Waals surface area contributed by atoms with Gasteiger partial charge in [0.2, 0.25) is 10.0 Å². The molecule has 1 aliphatic carbocycles. The number of benzene rings is 1. The monoisotopic (exact) mass is 336 g/mol. The molecule has 1 aromatic rings. The minimum Gasteiger partial charge on any atom is -0.352 e. The molecule has 0 aliphatic heterocycles. The normalized spacial score (nSPS) is 21.6. The van der Waals surface area contributed by atoms with Crippen molar-refractivity contribution in [2.24, 2.45) is 17.0 Å². The van der Waals surface area contributed by atoms with E-state index in [0.29, 0.717) is 18.4 Å². The van der Waals surface area contributed by atoms with E-state index in [2.05, 4.69) is 12.2 Å². The molecule has 0 aromatic heterocycles. The van der Waals surface area contributed by atoms with Gasteiger partial charge in [-0.1, -0.05) is 30.1 Å². The number of hydrogen-bond acceptors (Lipinski definition) is 3. The molecule has 0 radical (unpaired) electrons. The molecule has 110 valence electrons. The number of rotatable bonds is 4. The van der Waals surface area contributed by atoms with Gasteiger partial charge in [0.25, 0.3) is 5.91 Å². The topological polar surface area (TPSA) is 89.3 Å². The van der Waals surface area contributed by atoms with E-state index in [1.807, 2.05) is 0 Å². The number of hydrogen-bond donors (Lipinski definition) is 2. The predicted molar refractivity (Wildman–Crippen MR) is 77.4 cm³/mol. The predicted octanol–water partition coefficient (Wildman–Crippen LogP) is 2.03. The summed E-state index contributed by atoms with van der Waals surface area (Å²) in [5.41, 5.74) is -0.0619. The van der Waals surface area contributed by atoms with Crippen LogP contribution in [-0.4, -0.2) is 20.9 Å². The van der Waals surface area contributed by atoms with Gasteiger partial charge >= 0.3 is 0 Å². The third-order valence-electron chi connectivity index (χ3n) is 3.39. The van der Waals surface area contributed by atoms with E-state index in [1.54, 1.807) is 0 Å². The Morgan fingerprint density at radius 1 is 1.45 bits per heavy atom. The third kappa shape index (κ3) is 3.25. The van der Waals surface area contributed by atoms with Gasteiger partial charge < -0.3 is 5.32 Å². The van der Waals surface area contributed by atoms with Crippen LogP contribution in [-0.2, 0) is 10.0 Å². The molecular formula is C12H14Cl2N2O3S. The first-order valence-electron chi connectivity index (χ1n) is 6.00. The molecule has 0 heterocycles. The molecule has 1 amide bonds. The number of carbonyl (C=O) groups excluding carboxylic acids is 1. The third-order valence-corrected chi connectivity index (χ3v) is 5.16. The number of sulfonamides is 1. The highest BCUT2D eigenvalue weighted by atomic mass is 35.5. The number of halogens is 2. The number of amides is 1.